The van der Waals surface area contributed by atoms with E-state index in [1.165, 1.54) is 0 Å². The summed E-state index contributed by atoms with van der Waals surface area (Å²) in [4.78, 5) is 2.36. The predicted molar refractivity (Wildman–Crippen MR) is 89.7 cm³/mol. The molecule has 0 saturated carbocycles. The molecule has 0 unspecified atom stereocenters. The standard InChI is InChI=1S/C13H19BrN2O2.2ClH/c1-9(16-7-5-15-6-8-16)12-10(14)3-4-11(18-2)13(12)17;;/h3-4,9,15,17H,5-8H2,1-2H3;2*1H/t9-;;/m0../s1. The molecule has 20 heavy (non-hydrogen) atoms. The van der Waals surface area contributed by atoms with Crippen LogP contribution in [0.4, 0.5) is 0 Å². The van der Waals surface area contributed by atoms with Gasteiger partial charge in [-0.05, 0) is 19.1 Å². The summed E-state index contributed by atoms with van der Waals surface area (Å²) in [6.45, 7) is 6.08. The van der Waals surface area contributed by atoms with Gasteiger partial charge in [0.15, 0.2) is 11.5 Å². The van der Waals surface area contributed by atoms with Crippen LogP contribution < -0.4 is 10.1 Å². The smallest absolute Gasteiger partial charge is 0.163 e. The molecule has 1 atom stereocenters. The van der Waals surface area contributed by atoms with Gasteiger partial charge in [-0.25, -0.2) is 0 Å². The maximum absolute atomic E-state index is 10.3. The first-order valence-corrected chi connectivity index (χ1v) is 6.94. The summed E-state index contributed by atoms with van der Waals surface area (Å²) < 4.78 is 6.10. The van der Waals surface area contributed by atoms with Gasteiger partial charge in [0.05, 0.1) is 7.11 Å². The van der Waals surface area contributed by atoms with Crippen molar-refractivity contribution in [2.75, 3.05) is 33.3 Å². The minimum absolute atomic E-state index is 0. The van der Waals surface area contributed by atoms with Crippen LogP contribution in [0.2, 0.25) is 0 Å². The Labute approximate surface area is 140 Å². The Morgan fingerprint density at radius 1 is 1.30 bits per heavy atom. The maximum atomic E-state index is 10.3. The molecule has 1 saturated heterocycles. The number of hydrogen-bond donors (Lipinski definition) is 2. The van der Waals surface area contributed by atoms with Crippen LogP contribution >= 0.6 is 40.7 Å². The van der Waals surface area contributed by atoms with Crippen molar-refractivity contribution in [3.05, 3.63) is 22.2 Å². The van der Waals surface area contributed by atoms with E-state index in [0.29, 0.717) is 5.75 Å². The van der Waals surface area contributed by atoms with Crippen molar-refractivity contribution in [2.24, 2.45) is 0 Å². The number of methoxy groups -OCH3 is 1. The Kier molecular flexibility index (Phi) is 8.86. The number of nitrogens with zero attached hydrogens (tertiary/aromatic N) is 1. The van der Waals surface area contributed by atoms with Crippen molar-refractivity contribution in [1.29, 1.82) is 0 Å². The molecule has 1 heterocycles. The molecule has 0 spiro atoms. The number of rotatable bonds is 3. The van der Waals surface area contributed by atoms with E-state index in [4.69, 9.17) is 4.74 Å². The van der Waals surface area contributed by atoms with Gasteiger partial charge < -0.3 is 15.2 Å². The second-order valence-electron chi connectivity index (χ2n) is 4.47. The van der Waals surface area contributed by atoms with Gasteiger partial charge in [0.25, 0.3) is 0 Å². The van der Waals surface area contributed by atoms with E-state index < -0.39 is 0 Å². The Morgan fingerprint density at radius 3 is 2.45 bits per heavy atom. The van der Waals surface area contributed by atoms with Crippen LogP contribution in [0.25, 0.3) is 0 Å². The summed E-state index contributed by atoms with van der Waals surface area (Å²) in [5.41, 5.74) is 0.899. The molecule has 1 aromatic rings. The lowest BCUT2D eigenvalue weighted by atomic mass is 10.0. The fourth-order valence-electron chi connectivity index (χ4n) is 2.38. The van der Waals surface area contributed by atoms with E-state index >= 15 is 0 Å². The predicted octanol–water partition coefficient (Wildman–Crippen LogP) is 2.97. The average molecular weight is 388 g/mol. The first kappa shape index (κ1) is 19.8. The Balaban J connectivity index is 0.00000180. The molecule has 0 amide bonds. The summed E-state index contributed by atoms with van der Waals surface area (Å²) in [5, 5.41) is 13.6. The highest BCUT2D eigenvalue weighted by atomic mass is 79.9. The van der Waals surface area contributed by atoms with Crippen LogP contribution in [-0.4, -0.2) is 43.3 Å². The SMILES string of the molecule is COc1ccc(Br)c([C@H](C)N2CCNCC2)c1O.Cl.Cl. The Morgan fingerprint density at radius 2 is 1.90 bits per heavy atom. The number of phenols is 1. The van der Waals surface area contributed by atoms with E-state index in [1.807, 2.05) is 6.07 Å². The minimum Gasteiger partial charge on any atom is -0.504 e. The molecule has 1 aliphatic rings. The molecule has 116 valence electrons. The summed E-state index contributed by atoms with van der Waals surface area (Å²) in [6, 6.07) is 3.86. The molecule has 0 aliphatic carbocycles. The second kappa shape index (κ2) is 8.95. The van der Waals surface area contributed by atoms with E-state index in [9.17, 15) is 5.11 Å². The number of phenolic OH excluding ortho intramolecular Hbond substituents is 1. The Bertz CT molecular complexity index is 429. The fourth-order valence-corrected chi connectivity index (χ4v) is 3.03. The fraction of sp³-hybridized carbons (Fsp3) is 0.538. The first-order chi connectivity index (χ1) is 8.65. The third-order valence-corrected chi connectivity index (χ3v) is 4.16. The zero-order valence-corrected chi connectivity index (χ0v) is 14.8. The average Bonchev–Trinajstić information content (AvgIpc) is 2.40. The molecule has 4 nitrogen and oxygen atoms in total. The summed E-state index contributed by atoms with van der Waals surface area (Å²) >= 11 is 3.52. The molecule has 2 N–H and O–H groups in total. The van der Waals surface area contributed by atoms with Crippen molar-refractivity contribution in [3.8, 4) is 11.5 Å². The van der Waals surface area contributed by atoms with Crippen LogP contribution in [0.5, 0.6) is 11.5 Å². The molecule has 1 fully saturated rings. The summed E-state index contributed by atoms with van der Waals surface area (Å²) in [7, 11) is 1.57. The number of hydrogen-bond acceptors (Lipinski definition) is 4. The third-order valence-electron chi connectivity index (χ3n) is 3.46. The topological polar surface area (TPSA) is 44.7 Å². The number of nitrogens with one attached hydrogen (secondary N) is 1. The lowest BCUT2D eigenvalue weighted by Crippen LogP contribution is -2.44. The monoisotopic (exact) mass is 386 g/mol. The number of halogens is 3. The van der Waals surface area contributed by atoms with E-state index in [2.05, 4.69) is 33.1 Å². The highest BCUT2D eigenvalue weighted by molar-refractivity contribution is 9.10. The zero-order valence-electron chi connectivity index (χ0n) is 11.6. The van der Waals surface area contributed by atoms with Gasteiger partial charge in [-0.15, -0.1) is 24.8 Å². The van der Waals surface area contributed by atoms with Crippen molar-refractivity contribution < 1.29 is 9.84 Å². The van der Waals surface area contributed by atoms with Crippen molar-refractivity contribution in [3.63, 3.8) is 0 Å². The maximum Gasteiger partial charge on any atom is 0.163 e. The van der Waals surface area contributed by atoms with Crippen LogP contribution in [0.3, 0.4) is 0 Å². The Hall–Kier alpha value is -0.200. The number of piperazine rings is 1. The largest absolute Gasteiger partial charge is 0.504 e. The summed E-state index contributed by atoms with van der Waals surface area (Å²) in [6.07, 6.45) is 0. The van der Waals surface area contributed by atoms with Crippen molar-refractivity contribution in [2.45, 2.75) is 13.0 Å². The summed E-state index contributed by atoms with van der Waals surface area (Å²) in [5.74, 6) is 0.757. The number of aromatic hydroxyl groups is 1. The van der Waals surface area contributed by atoms with Gasteiger partial charge in [-0.3, -0.25) is 4.90 Å². The molecule has 1 aliphatic heterocycles. The van der Waals surface area contributed by atoms with Crippen LogP contribution in [0.15, 0.2) is 16.6 Å². The minimum atomic E-state index is 0. The van der Waals surface area contributed by atoms with Gasteiger partial charge in [-0.1, -0.05) is 15.9 Å². The lowest BCUT2D eigenvalue weighted by molar-refractivity contribution is 0.181. The molecular formula is C13H21BrCl2N2O2. The van der Waals surface area contributed by atoms with Gasteiger partial charge in [-0.2, -0.15) is 0 Å². The van der Waals surface area contributed by atoms with E-state index in [1.54, 1.807) is 13.2 Å². The van der Waals surface area contributed by atoms with E-state index in [-0.39, 0.29) is 36.6 Å². The van der Waals surface area contributed by atoms with Crippen molar-refractivity contribution >= 4 is 40.7 Å². The molecule has 1 aromatic carbocycles. The second-order valence-corrected chi connectivity index (χ2v) is 5.33. The van der Waals surface area contributed by atoms with Crippen LogP contribution in [-0.2, 0) is 0 Å². The molecule has 0 aromatic heterocycles. The van der Waals surface area contributed by atoms with Crippen molar-refractivity contribution in [1.82, 2.24) is 10.2 Å². The molecule has 0 bridgehead atoms. The lowest BCUT2D eigenvalue weighted by Gasteiger charge is -2.33. The van der Waals surface area contributed by atoms with Crippen LogP contribution in [0, 0.1) is 0 Å². The van der Waals surface area contributed by atoms with Crippen LogP contribution in [0.1, 0.15) is 18.5 Å². The highest BCUT2D eigenvalue weighted by Gasteiger charge is 2.24. The molecule has 0 radical (unpaired) electrons. The molecular weight excluding hydrogens is 367 g/mol. The first-order valence-electron chi connectivity index (χ1n) is 6.15. The van der Waals surface area contributed by atoms with Gasteiger partial charge >= 0.3 is 0 Å². The van der Waals surface area contributed by atoms with Gasteiger partial charge in [0.2, 0.25) is 0 Å². The molecule has 2 rings (SSSR count). The third kappa shape index (κ3) is 4.15. The molecule has 7 heteroatoms. The number of benzene rings is 1. The zero-order chi connectivity index (χ0) is 13.1. The highest BCUT2D eigenvalue weighted by Crippen LogP contribution is 2.40. The van der Waals surface area contributed by atoms with Gasteiger partial charge in [0, 0.05) is 42.3 Å². The van der Waals surface area contributed by atoms with E-state index in [0.717, 1.165) is 36.2 Å². The normalized spacial score (nSPS) is 16.8. The number of ether oxygens (including phenoxy) is 1. The quantitative estimate of drug-likeness (QED) is 0.836. The van der Waals surface area contributed by atoms with Gasteiger partial charge in [0.1, 0.15) is 0 Å².